The van der Waals surface area contributed by atoms with E-state index in [1.165, 1.54) is 28.7 Å². The molecule has 0 bridgehead atoms. The van der Waals surface area contributed by atoms with Gasteiger partial charge in [-0.2, -0.15) is 0 Å². The third-order valence-electron chi connectivity index (χ3n) is 2.70. The van der Waals surface area contributed by atoms with Gasteiger partial charge in [-0.05, 0) is 46.1 Å². The van der Waals surface area contributed by atoms with Gasteiger partial charge in [0.15, 0.2) is 0 Å². The molecule has 2 rings (SSSR count). The van der Waals surface area contributed by atoms with Crippen molar-refractivity contribution in [3.63, 3.8) is 0 Å². The lowest BCUT2D eigenvalue weighted by atomic mass is 10.2. The van der Waals surface area contributed by atoms with Crippen LogP contribution in [-0.2, 0) is 6.54 Å². The molecule has 0 radical (unpaired) electrons. The van der Waals surface area contributed by atoms with Crippen LogP contribution >= 0.6 is 27.3 Å². The van der Waals surface area contributed by atoms with Gasteiger partial charge < -0.3 is 0 Å². The number of thiophene rings is 1. The van der Waals surface area contributed by atoms with E-state index >= 15 is 0 Å². The van der Waals surface area contributed by atoms with Crippen molar-refractivity contribution in [2.75, 3.05) is 6.54 Å². The van der Waals surface area contributed by atoms with Crippen molar-refractivity contribution < 1.29 is 0 Å². The average molecular weight is 288 g/mol. The average Bonchev–Trinajstić information content (AvgIpc) is 2.92. The second kappa shape index (κ2) is 4.98. The monoisotopic (exact) mass is 287 g/mol. The first-order valence-corrected chi connectivity index (χ1v) is 7.30. The summed E-state index contributed by atoms with van der Waals surface area (Å²) in [6.07, 6.45) is 2.80. The van der Waals surface area contributed by atoms with Crippen LogP contribution in [0.25, 0.3) is 0 Å². The van der Waals surface area contributed by atoms with Crippen LogP contribution in [0, 0.1) is 5.92 Å². The molecular formula is C12H18BrNS. The van der Waals surface area contributed by atoms with Crippen LogP contribution in [0.5, 0.6) is 0 Å². The highest BCUT2D eigenvalue weighted by atomic mass is 79.9. The van der Waals surface area contributed by atoms with Crippen molar-refractivity contribution in [1.82, 2.24) is 4.90 Å². The van der Waals surface area contributed by atoms with Crippen LogP contribution in [-0.4, -0.2) is 17.5 Å². The molecule has 1 aromatic heterocycles. The van der Waals surface area contributed by atoms with Gasteiger partial charge in [0.2, 0.25) is 0 Å². The van der Waals surface area contributed by atoms with Gasteiger partial charge in [0, 0.05) is 28.5 Å². The number of rotatable bonds is 5. The Morgan fingerprint density at radius 3 is 2.73 bits per heavy atom. The predicted molar refractivity (Wildman–Crippen MR) is 70.3 cm³/mol. The summed E-state index contributed by atoms with van der Waals surface area (Å²) in [7, 11) is 0. The molecule has 0 amide bonds. The molecule has 1 aliphatic carbocycles. The topological polar surface area (TPSA) is 3.24 Å². The zero-order valence-electron chi connectivity index (χ0n) is 9.37. The van der Waals surface area contributed by atoms with Crippen molar-refractivity contribution in [3.05, 3.63) is 20.8 Å². The van der Waals surface area contributed by atoms with Crippen LogP contribution < -0.4 is 0 Å². The van der Waals surface area contributed by atoms with Gasteiger partial charge in [0.05, 0.1) is 0 Å². The van der Waals surface area contributed by atoms with E-state index in [1.807, 2.05) is 11.3 Å². The van der Waals surface area contributed by atoms with E-state index in [2.05, 4.69) is 46.1 Å². The lowest BCUT2D eigenvalue weighted by Crippen LogP contribution is -2.29. The Labute approximate surface area is 105 Å². The van der Waals surface area contributed by atoms with Crippen molar-refractivity contribution >= 4 is 27.3 Å². The maximum Gasteiger partial charge on any atom is 0.0342 e. The number of halogens is 1. The molecule has 1 fully saturated rings. The summed E-state index contributed by atoms with van der Waals surface area (Å²) < 4.78 is 1.28. The van der Waals surface area contributed by atoms with Crippen molar-refractivity contribution in [1.29, 1.82) is 0 Å². The normalized spacial score (nSPS) is 16.6. The standard InChI is InChI=1S/C12H18BrNS/c1-9(2)7-14(10-3-4-10)8-12-11(13)5-6-15-12/h5-6,9-10H,3-4,7-8H2,1-2H3. The van der Waals surface area contributed by atoms with E-state index in [-0.39, 0.29) is 0 Å². The van der Waals surface area contributed by atoms with Crippen LogP contribution in [0.4, 0.5) is 0 Å². The van der Waals surface area contributed by atoms with E-state index in [0.29, 0.717) is 0 Å². The molecule has 15 heavy (non-hydrogen) atoms. The molecule has 3 heteroatoms. The minimum Gasteiger partial charge on any atom is -0.295 e. The molecule has 0 spiro atoms. The Morgan fingerprint density at radius 2 is 2.27 bits per heavy atom. The number of nitrogens with zero attached hydrogens (tertiary/aromatic N) is 1. The molecule has 1 nitrogen and oxygen atoms in total. The fraction of sp³-hybridized carbons (Fsp3) is 0.667. The summed E-state index contributed by atoms with van der Waals surface area (Å²) in [6, 6.07) is 3.02. The molecule has 1 aliphatic rings. The van der Waals surface area contributed by atoms with E-state index < -0.39 is 0 Å². The van der Waals surface area contributed by atoms with Crippen LogP contribution in [0.15, 0.2) is 15.9 Å². The van der Waals surface area contributed by atoms with Crippen LogP contribution in [0.1, 0.15) is 31.6 Å². The number of hydrogen-bond acceptors (Lipinski definition) is 2. The van der Waals surface area contributed by atoms with E-state index in [0.717, 1.165) is 18.5 Å². The molecule has 0 aromatic carbocycles. The highest BCUT2D eigenvalue weighted by Gasteiger charge is 2.29. The lowest BCUT2D eigenvalue weighted by molar-refractivity contribution is 0.227. The first-order valence-electron chi connectivity index (χ1n) is 5.62. The smallest absolute Gasteiger partial charge is 0.0342 e. The van der Waals surface area contributed by atoms with Crippen LogP contribution in [0.3, 0.4) is 0 Å². The third kappa shape index (κ3) is 3.30. The maximum absolute atomic E-state index is 3.61. The summed E-state index contributed by atoms with van der Waals surface area (Å²) in [4.78, 5) is 4.11. The van der Waals surface area contributed by atoms with E-state index in [4.69, 9.17) is 0 Å². The zero-order chi connectivity index (χ0) is 10.8. The summed E-state index contributed by atoms with van der Waals surface area (Å²) in [5, 5.41) is 2.17. The third-order valence-corrected chi connectivity index (χ3v) is 4.61. The SMILES string of the molecule is CC(C)CN(Cc1sccc1Br)C1CC1. The Bertz CT molecular complexity index is 317. The van der Waals surface area contributed by atoms with Crippen molar-refractivity contribution in [2.24, 2.45) is 5.92 Å². The Hall–Kier alpha value is 0.140. The van der Waals surface area contributed by atoms with Gasteiger partial charge >= 0.3 is 0 Å². The van der Waals surface area contributed by atoms with Gasteiger partial charge in [-0.25, -0.2) is 0 Å². The molecule has 0 aliphatic heterocycles. The fourth-order valence-corrected chi connectivity index (χ4v) is 3.38. The molecule has 1 aromatic rings. The first-order chi connectivity index (χ1) is 7.16. The minimum absolute atomic E-state index is 0.768. The first kappa shape index (κ1) is 11.6. The second-order valence-corrected chi connectivity index (χ2v) is 6.60. The van der Waals surface area contributed by atoms with Gasteiger partial charge in [-0.15, -0.1) is 11.3 Å². The second-order valence-electron chi connectivity index (χ2n) is 4.75. The zero-order valence-corrected chi connectivity index (χ0v) is 11.8. The molecule has 84 valence electrons. The Kier molecular flexibility index (Phi) is 3.86. The summed E-state index contributed by atoms with van der Waals surface area (Å²) in [5.74, 6) is 0.768. The van der Waals surface area contributed by atoms with Crippen molar-refractivity contribution in [2.45, 2.75) is 39.3 Å². The van der Waals surface area contributed by atoms with E-state index in [1.54, 1.807) is 0 Å². The highest BCUT2D eigenvalue weighted by Crippen LogP contribution is 2.32. The maximum atomic E-state index is 3.61. The quantitative estimate of drug-likeness (QED) is 0.787. The largest absolute Gasteiger partial charge is 0.295 e. The molecule has 0 saturated heterocycles. The molecule has 1 saturated carbocycles. The summed E-state index contributed by atoms with van der Waals surface area (Å²) in [5.41, 5.74) is 0. The minimum atomic E-state index is 0.768. The Morgan fingerprint density at radius 1 is 1.53 bits per heavy atom. The Balaban J connectivity index is 1.97. The fourth-order valence-electron chi connectivity index (χ4n) is 1.87. The molecule has 0 unspecified atom stereocenters. The van der Waals surface area contributed by atoms with Gasteiger partial charge in [0.1, 0.15) is 0 Å². The summed E-state index contributed by atoms with van der Waals surface area (Å²) in [6.45, 7) is 6.97. The number of hydrogen-bond donors (Lipinski definition) is 0. The highest BCUT2D eigenvalue weighted by molar-refractivity contribution is 9.10. The van der Waals surface area contributed by atoms with E-state index in [9.17, 15) is 0 Å². The summed E-state index contributed by atoms with van der Waals surface area (Å²) >= 11 is 5.48. The lowest BCUT2D eigenvalue weighted by Gasteiger charge is -2.23. The van der Waals surface area contributed by atoms with Gasteiger partial charge in [0.25, 0.3) is 0 Å². The molecule has 0 N–H and O–H groups in total. The van der Waals surface area contributed by atoms with Crippen molar-refractivity contribution in [3.8, 4) is 0 Å². The molecule has 1 heterocycles. The molecular weight excluding hydrogens is 270 g/mol. The van der Waals surface area contributed by atoms with Gasteiger partial charge in [-0.3, -0.25) is 4.90 Å². The molecule has 0 atom stereocenters. The van der Waals surface area contributed by atoms with Gasteiger partial charge in [-0.1, -0.05) is 13.8 Å². The van der Waals surface area contributed by atoms with Crippen LogP contribution in [0.2, 0.25) is 0 Å². The predicted octanol–water partition coefficient (Wildman–Crippen LogP) is 4.13.